The summed E-state index contributed by atoms with van der Waals surface area (Å²) in [5.74, 6) is 0.0620. The summed E-state index contributed by atoms with van der Waals surface area (Å²) < 4.78 is 0. The minimum absolute atomic E-state index is 0.0620. The molecule has 0 aliphatic heterocycles. The zero-order valence-corrected chi connectivity index (χ0v) is 12.0. The van der Waals surface area contributed by atoms with Crippen molar-refractivity contribution in [1.29, 1.82) is 0 Å². The predicted molar refractivity (Wildman–Crippen MR) is 88.5 cm³/mol. The number of Topliss-reactive ketones (excluding diaryl/α,β-unsaturated/α-hetero) is 1. The Balaban J connectivity index is 2.20. The van der Waals surface area contributed by atoms with Crippen LogP contribution in [0.25, 0.3) is 16.3 Å². The molecule has 0 aliphatic rings. The van der Waals surface area contributed by atoms with Crippen LogP contribution in [-0.4, -0.2) is 5.78 Å². The Kier molecular flexibility index (Phi) is 3.41. The average Bonchev–Trinajstić information content (AvgIpc) is 2.53. The third kappa shape index (κ3) is 2.38. The summed E-state index contributed by atoms with van der Waals surface area (Å²) in [7, 11) is 0. The maximum atomic E-state index is 11.8. The minimum Gasteiger partial charge on any atom is -0.294 e. The van der Waals surface area contributed by atoms with Crippen molar-refractivity contribution in [3.63, 3.8) is 0 Å². The second-order valence-electron chi connectivity index (χ2n) is 5.11. The van der Waals surface area contributed by atoms with Crippen molar-refractivity contribution in [2.45, 2.75) is 6.92 Å². The molecule has 0 N–H and O–H groups in total. The van der Waals surface area contributed by atoms with Crippen molar-refractivity contribution < 1.29 is 4.79 Å². The molecule has 0 amide bonds. The first-order valence-electron chi connectivity index (χ1n) is 6.96. The monoisotopic (exact) mass is 272 g/mol. The number of hydrogen-bond donors (Lipinski definition) is 0. The van der Waals surface area contributed by atoms with Crippen molar-refractivity contribution in [3.8, 4) is 0 Å². The molecule has 0 spiro atoms. The molecule has 3 aromatic carbocycles. The molecule has 0 bridgehead atoms. The normalized spacial score (nSPS) is 10.5. The van der Waals surface area contributed by atoms with E-state index in [-0.39, 0.29) is 5.78 Å². The first-order chi connectivity index (χ1) is 10.2. The van der Waals surface area contributed by atoms with Gasteiger partial charge in [-0.3, -0.25) is 4.79 Å². The molecule has 102 valence electrons. The van der Waals surface area contributed by atoms with E-state index in [0.29, 0.717) is 0 Å². The number of carbonyl (C=O) groups is 1. The van der Waals surface area contributed by atoms with E-state index < -0.39 is 0 Å². The van der Waals surface area contributed by atoms with Crippen molar-refractivity contribution in [1.82, 2.24) is 0 Å². The van der Waals surface area contributed by atoms with Crippen LogP contribution in [0, 0.1) is 0 Å². The van der Waals surface area contributed by atoms with Crippen LogP contribution < -0.4 is 0 Å². The zero-order chi connectivity index (χ0) is 14.8. The largest absolute Gasteiger partial charge is 0.294 e. The molecule has 0 atom stereocenters. The SMILES string of the molecule is C=C(c1ccccc1C(C)=O)c1cccc2ccccc12. The number of ketones is 1. The molecule has 0 saturated carbocycles. The van der Waals surface area contributed by atoms with E-state index >= 15 is 0 Å². The van der Waals surface area contributed by atoms with Crippen LogP contribution >= 0.6 is 0 Å². The summed E-state index contributed by atoms with van der Waals surface area (Å²) in [6.45, 7) is 5.83. The van der Waals surface area contributed by atoms with E-state index in [1.165, 1.54) is 5.39 Å². The molecule has 0 fully saturated rings. The van der Waals surface area contributed by atoms with Gasteiger partial charge in [0.1, 0.15) is 0 Å². The summed E-state index contributed by atoms with van der Waals surface area (Å²) >= 11 is 0. The molecular formula is C20H16O. The second-order valence-corrected chi connectivity index (χ2v) is 5.11. The molecule has 3 aromatic rings. The van der Waals surface area contributed by atoms with Gasteiger partial charge in [0.05, 0.1) is 0 Å². The fraction of sp³-hybridized carbons (Fsp3) is 0.0500. The van der Waals surface area contributed by atoms with Gasteiger partial charge >= 0.3 is 0 Å². The highest BCUT2D eigenvalue weighted by molar-refractivity contribution is 6.04. The third-order valence-electron chi connectivity index (χ3n) is 3.75. The van der Waals surface area contributed by atoms with Crippen molar-refractivity contribution in [2.24, 2.45) is 0 Å². The quantitative estimate of drug-likeness (QED) is 0.606. The number of benzene rings is 3. The van der Waals surface area contributed by atoms with Gasteiger partial charge in [0.25, 0.3) is 0 Å². The lowest BCUT2D eigenvalue weighted by atomic mass is 9.91. The summed E-state index contributed by atoms with van der Waals surface area (Å²) in [4.78, 5) is 11.8. The highest BCUT2D eigenvalue weighted by Crippen LogP contribution is 2.30. The average molecular weight is 272 g/mol. The van der Waals surface area contributed by atoms with Gasteiger partial charge < -0.3 is 0 Å². The molecule has 3 rings (SSSR count). The Morgan fingerprint density at radius 2 is 1.33 bits per heavy atom. The van der Waals surface area contributed by atoms with Crippen molar-refractivity contribution in [2.75, 3.05) is 0 Å². The lowest BCUT2D eigenvalue weighted by Gasteiger charge is -2.13. The van der Waals surface area contributed by atoms with Crippen molar-refractivity contribution >= 4 is 22.1 Å². The molecule has 0 radical (unpaired) electrons. The first kappa shape index (κ1) is 13.3. The molecule has 1 nitrogen and oxygen atoms in total. The molecule has 0 aromatic heterocycles. The highest BCUT2D eigenvalue weighted by Gasteiger charge is 2.12. The fourth-order valence-electron chi connectivity index (χ4n) is 2.69. The van der Waals surface area contributed by atoms with Gasteiger partial charge in [-0.15, -0.1) is 0 Å². The number of hydrogen-bond acceptors (Lipinski definition) is 1. The maximum absolute atomic E-state index is 11.8. The van der Waals surface area contributed by atoms with Crippen LogP contribution in [-0.2, 0) is 0 Å². The topological polar surface area (TPSA) is 17.1 Å². The van der Waals surface area contributed by atoms with Crippen LogP contribution in [0.3, 0.4) is 0 Å². The standard InChI is InChI=1S/C20H16O/c1-14(17-10-5-6-11-19(17)15(2)21)18-13-7-9-16-8-3-4-12-20(16)18/h3-13H,1H2,2H3. The molecule has 1 heteroatoms. The summed E-state index contributed by atoms with van der Waals surface area (Å²) in [6.07, 6.45) is 0. The van der Waals surface area contributed by atoms with Gasteiger partial charge in [0.2, 0.25) is 0 Å². The van der Waals surface area contributed by atoms with Crippen LogP contribution in [0.5, 0.6) is 0 Å². The Labute approximate surface area is 124 Å². The summed E-state index contributed by atoms with van der Waals surface area (Å²) in [5.41, 5.74) is 3.58. The van der Waals surface area contributed by atoms with E-state index in [1.54, 1.807) is 6.92 Å². The molecule has 21 heavy (non-hydrogen) atoms. The smallest absolute Gasteiger partial charge is 0.160 e. The lowest BCUT2D eigenvalue weighted by Crippen LogP contribution is -1.99. The van der Waals surface area contributed by atoms with Gasteiger partial charge in [-0.25, -0.2) is 0 Å². The van der Waals surface area contributed by atoms with Crippen LogP contribution in [0.1, 0.15) is 28.4 Å². The van der Waals surface area contributed by atoms with Gasteiger partial charge in [-0.2, -0.15) is 0 Å². The molecule has 0 unspecified atom stereocenters. The first-order valence-corrected chi connectivity index (χ1v) is 6.96. The number of fused-ring (bicyclic) bond motifs is 1. The van der Waals surface area contributed by atoms with Crippen LogP contribution in [0.4, 0.5) is 0 Å². The van der Waals surface area contributed by atoms with Gasteiger partial charge in [0.15, 0.2) is 5.78 Å². The third-order valence-corrected chi connectivity index (χ3v) is 3.75. The highest BCUT2D eigenvalue weighted by atomic mass is 16.1. The Bertz CT molecular complexity index is 838. The number of carbonyl (C=O) groups excluding carboxylic acids is 1. The Hall–Kier alpha value is -2.67. The Morgan fingerprint density at radius 3 is 2.10 bits per heavy atom. The fourth-order valence-corrected chi connectivity index (χ4v) is 2.69. The van der Waals surface area contributed by atoms with Gasteiger partial charge in [-0.05, 0) is 34.4 Å². The van der Waals surface area contributed by atoms with Crippen LogP contribution in [0.2, 0.25) is 0 Å². The van der Waals surface area contributed by atoms with E-state index in [4.69, 9.17) is 0 Å². The lowest BCUT2D eigenvalue weighted by molar-refractivity contribution is 0.101. The van der Waals surface area contributed by atoms with Crippen molar-refractivity contribution in [3.05, 3.63) is 90.0 Å². The summed E-state index contributed by atoms with van der Waals surface area (Å²) in [5, 5.41) is 2.33. The molecule has 0 saturated heterocycles. The van der Waals surface area contributed by atoms with Gasteiger partial charge in [0, 0.05) is 5.56 Å². The molecule has 0 heterocycles. The minimum atomic E-state index is 0.0620. The maximum Gasteiger partial charge on any atom is 0.160 e. The van der Waals surface area contributed by atoms with Gasteiger partial charge in [-0.1, -0.05) is 73.3 Å². The van der Waals surface area contributed by atoms with E-state index in [2.05, 4.69) is 30.8 Å². The van der Waals surface area contributed by atoms with E-state index in [9.17, 15) is 4.79 Å². The second kappa shape index (κ2) is 5.37. The number of rotatable bonds is 3. The van der Waals surface area contributed by atoms with Crippen LogP contribution in [0.15, 0.2) is 73.3 Å². The molecule has 0 aliphatic carbocycles. The van der Waals surface area contributed by atoms with E-state index in [0.717, 1.165) is 27.6 Å². The molecular weight excluding hydrogens is 256 g/mol. The predicted octanol–water partition coefficient (Wildman–Crippen LogP) is 5.10. The Morgan fingerprint density at radius 1 is 0.762 bits per heavy atom. The summed E-state index contributed by atoms with van der Waals surface area (Å²) in [6, 6.07) is 22.0. The zero-order valence-electron chi connectivity index (χ0n) is 12.0. The van der Waals surface area contributed by atoms with E-state index in [1.807, 2.05) is 42.5 Å².